The lowest BCUT2D eigenvalue weighted by Crippen LogP contribution is -2.16. The van der Waals surface area contributed by atoms with E-state index in [1.54, 1.807) is 6.07 Å². The third kappa shape index (κ3) is 4.76. The fraction of sp³-hybridized carbons (Fsp3) is 0.389. The molecule has 0 aliphatic carbocycles. The van der Waals surface area contributed by atoms with Gasteiger partial charge in [-0.15, -0.1) is 11.3 Å². The van der Waals surface area contributed by atoms with Crippen LogP contribution in [0.3, 0.4) is 0 Å². The van der Waals surface area contributed by atoms with Crippen LogP contribution < -0.4 is 9.46 Å². The summed E-state index contributed by atoms with van der Waals surface area (Å²) in [5.41, 5.74) is 1.40. The van der Waals surface area contributed by atoms with E-state index < -0.39 is 16.0 Å². The molecule has 0 radical (unpaired) electrons. The van der Waals surface area contributed by atoms with Gasteiger partial charge >= 0.3 is 5.97 Å². The summed E-state index contributed by atoms with van der Waals surface area (Å²) in [6, 6.07) is 6.76. The Hall–Kier alpha value is -2.06. The Morgan fingerprint density at radius 3 is 2.58 bits per heavy atom. The second kappa shape index (κ2) is 8.55. The Balaban J connectivity index is 2.29. The second-order valence-electron chi connectivity index (χ2n) is 6.18. The molecule has 0 spiro atoms. The van der Waals surface area contributed by atoms with Gasteiger partial charge in [-0.3, -0.25) is 4.72 Å². The minimum absolute atomic E-state index is 0.0347. The van der Waals surface area contributed by atoms with E-state index >= 15 is 0 Å². The number of methoxy groups -OCH3 is 2. The lowest BCUT2D eigenvalue weighted by Gasteiger charge is -2.14. The number of hydrogen-bond donors (Lipinski definition) is 1. The van der Waals surface area contributed by atoms with Gasteiger partial charge in [0.2, 0.25) is 0 Å². The number of carbonyl (C=O) groups excluding carboxylic acids is 1. The number of rotatable bonds is 8. The van der Waals surface area contributed by atoms with Crippen LogP contribution in [-0.2, 0) is 21.2 Å². The first-order valence-electron chi connectivity index (χ1n) is 8.14. The van der Waals surface area contributed by atoms with Crippen LogP contribution in [0.25, 0.3) is 0 Å². The van der Waals surface area contributed by atoms with Gasteiger partial charge in [-0.1, -0.05) is 19.9 Å². The molecule has 142 valence electrons. The Bertz CT molecular complexity index is 871. The van der Waals surface area contributed by atoms with E-state index in [0.717, 1.165) is 29.7 Å². The summed E-state index contributed by atoms with van der Waals surface area (Å²) in [4.78, 5) is 11.7. The first kappa shape index (κ1) is 20.3. The molecule has 0 saturated heterocycles. The molecule has 1 aromatic carbocycles. The zero-order chi connectivity index (χ0) is 19.3. The fourth-order valence-electron chi connectivity index (χ4n) is 2.38. The van der Waals surface area contributed by atoms with Crippen molar-refractivity contribution in [2.45, 2.75) is 31.6 Å². The maximum atomic E-state index is 12.7. The predicted octanol–water partition coefficient (Wildman–Crippen LogP) is 3.93. The van der Waals surface area contributed by atoms with Crippen molar-refractivity contribution in [1.29, 1.82) is 0 Å². The number of ether oxygens (including phenoxy) is 2. The van der Waals surface area contributed by atoms with Crippen LogP contribution in [0.5, 0.6) is 5.75 Å². The molecule has 2 rings (SSSR count). The summed E-state index contributed by atoms with van der Waals surface area (Å²) in [6.07, 6.45) is 1.92. The van der Waals surface area contributed by atoms with Gasteiger partial charge in [-0.2, -0.15) is 0 Å². The molecule has 0 aliphatic rings. The summed E-state index contributed by atoms with van der Waals surface area (Å²) in [6.45, 7) is 4.30. The molecule has 1 N–H and O–H groups in total. The van der Waals surface area contributed by atoms with Gasteiger partial charge < -0.3 is 9.47 Å². The molecule has 0 unspecified atom stereocenters. The number of hydrogen-bond acceptors (Lipinski definition) is 6. The number of aryl methyl sites for hydroxylation is 1. The van der Waals surface area contributed by atoms with Crippen molar-refractivity contribution < 1.29 is 22.7 Å². The van der Waals surface area contributed by atoms with Gasteiger partial charge in [0.1, 0.15) is 15.5 Å². The van der Waals surface area contributed by atoms with Crippen molar-refractivity contribution in [1.82, 2.24) is 0 Å². The van der Waals surface area contributed by atoms with Crippen molar-refractivity contribution in [3.8, 4) is 5.75 Å². The third-order valence-electron chi connectivity index (χ3n) is 3.81. The van der Waals surface area contributed by atoms with Gasteiger partial charge in [0.05, 0.1) is 19.9 Å². The van der Waals surface area contributed by atoms with Crippen LogP contribution in [0.4, 0.5) is 5.69 Å². The van der Waals surface area contributed by atoms with Crippen molar-refractivity contribution in [2.75, 3.05) is 18.9 Å². The van der Waals surface area contributed by atoms with Crippen LogP contribution in [0.2, 0.25) is 0 Å². The number of esters is 1. The van der Waals surface area contributed by atoms with Crippen LogP contribution >= 0.6 is 11.3 Å². The first-order valence-corrected chi connectivity index (χ1v) is 10.5. The number of thiophene rings is 1. The number of nitrogens with one attached hydrogen (secondary N) is 1. The lowest BCUT2D eigenvalue weighted by molar-refractivity contribution is 0.0602. The monoisotopic (exact) mass is 397 g/mol. The van der Waals surface area contributed by atoms with Gasteiger partial charge in [-0.25, -0.2) is 13.2 Å². The molecule has 1 aromatic heterocycles. The van der Waals surface area contributed by atoms with Crippen molar-refractivity contribution >= 4 is 33.0 Å². The Morgan fingerprint density at radius 1 is 1.23 bits per heavy atom. The van der Waals surface area contributed by atoms with Gasteiger partial charge in [0, 0.05) is 0 Å². The van der Waals surface area contributed by atoms with Crippen LogP contribution in [0.1, 0.15) is 35.5 Å². The molecular weight excluding hydrogens is 374 g/mol. The number of carbonyl (C=O) groups is 1. The summed E-state index contributed by atoms with van der Waals surface area (Å²) >= 11 is 1.02. The lowest BCUT2D eigenvalue weighted by atomic mass is 10.0. The predicted molar refractivity (Wildman–Crippen MR) is 103 cm³/mol. The molecule has 0 bridgehead atoms. The highest BCUT2D eigenvalue weighted by atomic mass is 32.2. The highest BCUT2D eigenvalue weighted by molar-refractivity contribution is 7.93. The molecule has 8 heteroatoms. The largest absolute Gasteiger partial charge is 0.495 e. The van der Waals surface area contributed by atoms with E-state index in [9.17, 15) is 13.2 Å². The zero-order valence-electron chi connectivity index (χ0n) is 15.2. The zero-order valence-corrected chi connectivity index (χ0v) is 16.9. The summed E-state index contributed by atoms with van der Waals surface area (Å²) < 4.78 is 37.9. The van der Waals surface area contributed by atoms with E-state index in [0.29, 0.717) is 17.4 Å². The standard InChI is InChI=1S/C18H23NO5S2/c1-12(2)5-6-13-7-8-14(15(11-13)23-3)19-26(21,22)16-9-10-25-17(16)18(20)24-4/h7-12,19H,5-6H2,1-4H3. The number of anilines is 1. The van der Waals surface area contributed by atoms with E-state index in [-0.39, 0.29) is 9.77 Å². The molecular formula is C18H23NO5S2. The smallest absolute Gasteiger partial charge is 0.349 e. The number of sulfonamides is 1. The summed E-state index contributed by atoms with van der Waals surface area (Å²) in [5.74, 6) is 0.329. The van der Waals surface area contributed by atoms with Crippen LogP contribution in [-0.4, -0.2) is 28.6 Å². The SMILES string of the molecule is COC(=O)c1sccc1S(=O)(=O)Nc1ccc(CCC(C)C)cc1OC. The molecule has 26 heavy (non-hydrogen) atoms. The number of benzene rings is 1. The topological polar surface area (TPSA) is 81.7 Å². The average Bonchev–Trinajstić information content (AvgIpc) is 3.10. The van der Waals surface area contributed by atoms with Crippen molar-refractivity contribution in [2.24, 2.45) is 5.92 Å². The quantitative estimate of drug-likeness (QED) is 0.683. The fourth-order valence-corrected chi connectivity index (χ4v) is 4.79. The minimum atomic E-state index is -3.95. The van der Waals surface area contributed by atoms with Crippen molar-refractivity contribution in [3.63, 3.8) is 0 Å². The van der Waals surface area contributed by atoms with Gasteiger partial charge in [0.25, 0.3) is 10.0 Å². The third-order valence-corrected chi connectivity index (χ3v) is 6.24. The molecule has 6 nitrogen and oxygen atoms in total. The molecule has 0 amide bonds. The molecule has 1 heterocycles. The maximum Gasteiger partial charge on any atom is 0.349 e. The molecule has 0 aliphatic heterocycles. The van der Waals surface area contributed by atoms with Gasteiger partial charge in [0.15, 0.2) is 0 Å². The Labute approximate surface area is 158 Å². The van der Waals surface area contributed by atoms with Crippen LogP contribution in [0, 0.1) is 5.92 Å². The highest BCUT2D eigenvalue weighted by Crippen LogP contribution is 2.31. The highest BCUT2D eigenvalue weighted by Gasteiger charge is 2.25. The van der Waals surface area contributed by atoms with E-state index in [2.05, 4.69) is 23.3 Å². The Morgan fingerprint density at radius 2 is 1.96 bits per heavy atom. The second-order valence-corrected chi connectivity index (χ2v) is 8.75. The van der Waals surface area contributed by atoms with E-state index in [4.69, 9.17) is 4.74 Å². The van der Waals surface area contributed by atoms with E-state index in [1.807, 2.05) is 12.1 Å². The molecule has 0 atom stereocenters. The summed E-state index contributed by atoms with van der Waals surface area (Å²) in [7, 11) is -1.24. The molecule has 2 aromatic rings. The maximum absolute atomic E-state index is 12.7. The normalized spacial score (nSPS) is 11.4. The molecule has 0 saturated carbocycles. The summed E-state index contributed by atoms with van der Waals surface area (Å²) in [5, 5.41) is 1.53. The minimum Gasteiger partial charge on any atom is -0.495 e. The average molecular weight is 398 g/mol. The Kier molecular flexibility index (Phi) is 6.66. The van der Waals surface area contributed by atoms with Crippen LogP contribution in [0.15, 0.2) is 34.5 Å². The van der Waals surface area contributed by atoms with E-state index in [1.165, 1.54) is 25.7 Å². The molecule has 0 fully saturated rings. The first-order chi connectivity index (χ1) is 12.3. The van der Waals surface area contributed by atoms with Gasteiger partial charge in [-0.05, 0) is 47.9 Å². The van der Waals surface area contributed by atoms with Crippen molar-refractivity contribution in [3.05, 3.63) is 40.1 Å².